The molecule has 0 bridgehead atoms. The standard InChI is InChI=1S/C30H41.C7H10.C2H6/c1-7-11-24(2)25(3)12-8-13-26-14-9-15-27(19-18-26)20-21-28-16-10-17-29(22-28)23-30(4,5)6;1-5(2)7-4-6(7)3;1-2/h10-11,15-19,22,25H,7-8,12-13,20-21,23H2,1-6H3;4,6H,1H2,2-3H3;1-2H3/b24-11+;;. The van der Waals surface area contributed by atoms with Gasteiger partial charge in [0.2, 0.25) is 0 Å². The molecule has 2 aliphatic rings. The Labute approximate surface area is 243 Å². The van der Waals surface area contributed by atoms with Crippen LogP contribution in [0, 0.1) is 23.7 Å². The highest BCUT2D eigenvalue weighted by atomic mass is 14.2. The van der Waals surface area contributed by atoms with Crippen molar-refractivity contribution in [3.8, 4) is 0 Å². The lowest BCUT2D eigenvalue weighted by Gasteiger charge is -2.18. The summed E-state index contributed by atoms with van der Waals surface area (Å²) in [5.74, 6) is 1.41. The molecule has 3 rings (SSSR count). The van der Waals surface area contributed by atoms with Gasteiger partial charge in [0, 0.05) is 6.42 Å². The number of benzene rings is 1. The van der Waals surface area contributed by atoms with Gasteiger partial charge in [0.25, 0.3) is 0 Å². The van der Waals surface area contributed by atoms with Crippen LogP contribution in [-0.4, -0.2) is 0 Å². The number of hydrogen-bond acceptors (Lipinski definition) is 0. The predicted molar refractivity (Wildman–Crippen MR) is 176 cm³/mol. The highest BCUT2D eigenvalue weighted by Crippen LogP contribution is 2.32. The number of rotatable bonds is 11. The topological polar surface area (TPSA) is 0 Å². The minimum absolute atomic E-state index is 0.329. The van der Waals surface area contributed by atoms with Crippen LogP contribution in [0.15, 0.2) is 94.5 Å². The van der Waals surface area contributed by atoms with Gasteiger partial charge in [0.1, 0.15) is 0 Å². The molecule has 2 aliphatic carbocycles. The van der Waals surface area contributed by atoms with Crippen LogP contribution in [0.1, 0.15) is 112 Å². The van der Waals surface area contributed by atoms with Crippen molar-refractivity contribution in [2.45, 2.75) is 114 Å². The normalized spacial score (nSPS) is 16.9. The van der Waals surface area contributed by atoms with Crippen LogP contribution in [0.25, 0.3) is 0 Å². The fourth-order valence-corrected chi connectivity index (χ4v) is 4.72. The van der Waals surface area contributed by atoms with Crippen LogP contribution in [0.5, 0.6) is 0 Å². The second kappa shape index (κ2) is 17.9. The molecular formula is C39H57. The average Bonchev–Trinajstić information content (AvgIpc) is 3.66. The Kier molecular flexibility index (Phi) is 15.9. The van der Waals surface area contributed by atoms with Gasteiger partial charge < -0.3 is 0 Å². The molecule has 0 saturated carbocycles. The predicted octanol–water partition coefficient (Wildman–Crippen LogP) is 11.9. The van der Waals surface area contributed by atoms with E-state index in [1.54, 1.807) is 0 Å². The van der Waals surface area contributed by atoms with Crippen molar-refractivity contribution in [2.75, 3.05) is 0 Å². The van der Waals surface area contributed by atoms with E-state index in [9.17, 15) is 0 Å². The number of aryl methyl sites for hydroxylation is 1. The molecule has 2 unspecified atom stereocenters. The van der Waals surface area contributed by atoms with Crippen LogP contribution >= 0.6 is 0 Å². The van der Waals surface area contributed by atoms with Crippen molar-refractivity contribution >= 4 is 0 Å². The van der Waals surface area contributed by atoms with Crippen LogP contribution in [0.2, 0.25) is 0 Å². The molecule has 0 aromatic heterocycles. The Morgan fingerprint density at radius 3 is 2.31 bits per heavy atom. The summed E-state index contributed by atoms with van der Waals surface area (Å²) in [7, 11) is 0. The smallest absolute Gasteiger partial charge is 0.0172 e. The van der Waals surface area contributed by atoms with E-state index in [0.717, 1.165) is 38.0 Å². The number of hydrogen-bond donors (Lipinski definition) is 0. The lowest BCUT2D eigenvalue weighted by Crippen LogP contribution is -2.09. The van der Waals surface area contributed by atoms with E-state index in [1.165, 1.54) is 51.8 Å². The molecule has 213 valence electrons. The zero-order chi connectivity index (χ0) is 29.4. The maximum atomic E-state index is 3.80. The zero-order valence-corrected chi connectivity index (χ0v) is 27.0. The molecule has 0 heteroatoms. The van der Waals surface area contributed by atoms with E-state index in [4.69, 9.17) is 0 Å². The number of allylic oxidation sites excluding steroid dienone is 9. The van der Waals surface area contributed by atoms with E-state index in [1.807, 2.05) is 13.8 Å². The summed E-state index contributed by atoms with van der Waals surface area (Å²) in [6, 6.07) is 9.10. The van der Waals surface area contributed by atoms with Gasteiger partial charge >= 0.3 is 0 Å². The second-order valence-corrected chi connectivity index (χ2v) is 12.2. The monoisotopic (exact) mass is 525 g/mol. The summed E-state index contributed by atoms with van der Waals surface area (Å²) in [6.45, 7) is 25.8. The minimum Gasteiger partial charge on any atom is -0.0958 e. The lowest BCUT2D eigenvalue weighted by atomic mass is 9.87. The Bertz CT molecular complexity index is 1090. The van der Waals surface area contributed by atoms with Crippen LogP contribution in [-0.2, 0) is 12.8 Å². The van der Waals surface area contributed by atoms with Crippen molar-refractivity contribution in [1.29, 1.82) is 0 Å². The molecule has 1 aromatic carbocycles. The molecule has 0 aliphatic heterocycles. The molecule has 0 nitrogen and oxygen atoms in total. The van der Waals surface area contributed by atoms with Gasteiger partial charge in [0.15, 0.2) is 0 Å². The minimum atomic E-state index is 0.329. The maximum Gasteiger partial charge on any atom is 0.0172 e. The van der Waals surface area contributed by atoms with Gasteiger partial charge in [-0.1, -0.05) is 127 Å². The summed E-state index contributed by atoms with van der Waals surface area (Å²) >= 11 is 0. The van der Waals surface area contributed by atoms with Crippen LogP contribution < -0.4 is 0 Å². The molecular weight excluding hydrogens is 468 g/mol. The second-order valence-electron chi connectivity index (χ2n) is 12.2. The molecule has 2 atom stereocenters. The lowest BCUT2D eigenvalue weighted by molar-refractivity contribution is 0.411. The van der Waals surface area contributed by atoms with Gasteiger partial charge in [-0.3, -0.25) is 0 Å². The van der Waals surface area contributed by atoms with Gasteiger partial charge in [-0.05, 0) is 110 Å². The first-order valence-corrected chi connectivity index (χ1v) is 15.3. The summed E-state index contributed by atoms with van der Waals surface area (Å²) in [5, 5.41) is 0. The molecule has 0 N–H and O–H groups in total. The molecule has 0 spiro atoms. The van der Waals surface area contributed by atoms with Crippen LogP contribution in [0.3, 0.4) is 0 Å². The molecule has 0 saturated heterocycles. The van der Waals surface area contributed by atoms with Crippen molar-refractivity contribution in [2.24, 2.45) is 17.3 Å². The van der Waals surface area contributed by atoms with Crippen molar-refractivity contribution in [1.82, 2.24) is 0 Å². The zero-order valence-electron chi connectivity index (χ0n) is 27.0. The van der Waals surface area contributed by atoms with Gasteiger partial charge in [0.05, 0.1) is 0 Å². The summed E-state index contributed by atoms with van der Waals surface area (Å²) in [6.07, 6.45) is 19.1. The Morgan fingerprint density at radius 1 is 1.08 bits per heavy atom. The maximum absolute atomic E-state index is 3.80. The first-order chi connectivity index (χ1) is 18.5. The average molecular weight is 526 g/mol. The fraction of sp³-hybridized carbons (Fsp3) is 0.513. The van der Waals surface area contributed by atoms with E-state index >= 15 is 0 Å². The molecule has 1 radical (unpaired) electrons. The van der Waals surface area contributed by atoms with E-state index in [2.05, 4.69) is 128 Å². The molecule has 0 heterocycles. The molecule has 0 amide bonds. The van der Waals surface area contributed by atoms with Gasteiger partial charge in [-0.15, -0.1) is 0 Å². The molecule has 0 fully saturated rings. The quantitative estimate of drug-likeness (QED) is 0.199. The van der Waals surface area contributed by atoms with Crippen LogP contribution in [0.4, 0.5) is 0 Å². The highest BCUT2D eigenvalue weighted by molar-refractivity contribution is 5.43. The van der Waals surface area contributed by atoms with Gasteiger partial charge in [-0.25, -0.2) is 0 Å². The van der Waals surface area contributed by atoms with E-state index in [-0.39, 0.29) is 0 Å². The summed E-state index contributed by atoms with van der Waals surface area (Å²) in [5.41, 5.74) is 16.7. The van der Waals surface area contributed by atoms with Crippen molar-refractivity contribution in [3.05, 3.63) is 112 Å². The largest absolute Gasteiger partial charge is 0.0958 e. The third kappa shape index (κ3) is 15.0. The first kappa shape index (κ1) is 34.5. The third-order valence-corrected chi connectivity index (χ3v) is 7.11. The molecule has 39 heavy (non-hydrogen) atoms. The fourth-order valence-electron chi connectivity index (χ4n) is 4.72. The van der Waals surface area contributed by atoms with Gasteiger partial charge in [-0.2, -0.15) is 0 Å². The van der Waals surface area contributed by atoms with E-state index < -0.39 is 0 Å². The Hall–Kier alpha value is -2.52. The Morgan fingerprint density at radius 2 is 1.74 bits per heavy atom. The Balaban J connectivity index is 0.000000720. The summed E-state index contributed by atoms with van der Waals surface area (Å²) < 4.78 is 0. The first-order valence-electron chi connectivity index (χ1n) is 15.3. The summed E-state index contributed by atoms with van der Waals surface area (Å²) in [4.78, 5) is 0. The molecule has 1 aromatic rings. The van der Waals surface area contributed by atoms with Crippen molar-refractivity contribution in [3.63, 3.8) is 0 Å². The third-order valence-electron chi connectivity index (χ3n) is 7.11. The van der Waals surface area contributed by atoms with Crippen molar-refractivity contribution < 1.29 is 0 Å². The SMILES string of the molecule is C=C(C)C1=CC1C.CC.CC/C=C(\C)C(C)CCCC1=C=C=CC(CCc2cccc(CC(C)(C)C)c2)=C[CH]1. The highest BCUT2D eigenvalue weighted by Gasteiger charge is 2.18. The van der Waals surface area contributed by atoms with E-state index in [0.29, 0.717) is 11.3 Å².